The lowest BCUT2D eigenvalue weighted by atomic mass is 9.83. The highest BCUT2D eigenvalue weighted by atomic mass is 32.2. The molecule has 1 N–H and O–H groups in total. The number of para-hydroxylation sites is 1. The number of fused-ring (bicyclic) bond motifs is 2. The fourth-order valence-corrected chi connectivity index (χ4v) is 8.56. The third kappa shape index (κ3) is 5.45. The number of aryl methyl sites for hydroxylation is 1. The molecule has 0 spiro atoms. The molecule has 0 radical (unpaired) electrons. The van der Waals surface area contributed by atoms with E-state index < -0.39 is 51.4 Å². The van der Waals surface area contributed by atoms with Crippen LogP contribution in [0.1, 0.15) is 27.5 Å². The topological polar surface area (TPSA) is 107 Å². The quantitative estimate of drug-likeness (QED) is 0.252. The third-order valence-corrected chi connectivity index (χ3v) is 10.6. The first-order valence-corrected chi connectivity index (χ1v) is 15.6. The van der Waals surface area contributed by atoms with Crippen LogP contribution in [0.3, 0.4) is 0 Å². The molecular formula is C32H26F3N3O6S2. The first-order valence-electron chi connectivity index (χ1n) is 14.0. The molecule has 3 amide bonds. The highest BCUT2D eigenvalue weighted by Gasteiger charge is 2.57. The molecular weight excluding hydrogens is 643 g/mol. The van der Waals surface area contributed by atoms with Crippen LogP contribution in [0.4, 0.5) is 24.5 Å². The Bertz CT molecular complexity index is 1940. The molecule has 14 heteroatoms. The van der Waals surface area contributed by atoms with Crippen molar-refractivity contribution in [2.24, 2.45) is 5.92 Å². The number of aromatic nitrogens is 1. The minimum Gasteiger partial charge on any atom is -0.493 e. The van der Waals surface area contributed by atoms with Crippen molar-refractivity contribution in [3.05, 3.63) is 98.0 Å². The van der Waals surface area contributed by atoms with Crippen LogP contribution < -0.4 is 24.6 Å². The van der Waals surface area contributed by atoms with Crippen LogP contribution in [0.15, 0.2) is 76.6 Å². The number of ether oxygens (including phenoxy) is 2. The lowest BCUT2D eigenvalue weighted by molar-refractivity contribution is -0.137. The number of thiazole rings is 1. The number of hydrogen-bond donors (Lipinski definition) is 1. The molecule has 6 rings (SSSR count). The summed E-state index contributed by atoms with van der Waals surface area (Å²) in [7, 11) is 2.90. The number of nitrogens with one attached hydrogen (secondary N) is 1. The van der Waals surface area contributed by atoms with Gasteiger partial charge in [0.05, 0.1) is 36.4 Å². The lowest BCUT2D eigenvalue weighted by Crippen LogP contribution is -2.33. The van der Waals surface area contributed by atoms with Gasteiger partial charge in [0.15, 0.2) is 11.5 Å². The molecule has 238 valence electrons. The van der Waals surface area contributed by atoms with E-state index in [4.69, 9.17) is 9.47 Å². The third-order valence-electron chi connectivity index (χ3n) is 7.97. The van der Waals surface area contributed by atoms with E-state index in [1.165, 1.54) is 24.9 Å². The van der Waals surface area contributed by atoms with Crippen molar-refractivity contribution >= 4 is 52.2 Å². The molecule has 2 aliphatic heterocycles. The van der Waals surface area contributed by atoms with Crippen molar-refractivity contribution in [1.82, 2.24) is 4.57 Å². The van der Waals surface area contributed by atoms with E-state index >= 15 is 0 Å². The normalized spacial score (nSPS) is 19.1. The Balaban J connectivity index is 1.45. The van der Waals surface area contributed by atoms with Crippen LogP contribution in [0.25, 0.3) is 0 Å². The number of rotatable bonds is 7. The molecule has 46 heavy (non-hydrogen) atoms. The van der Waals surface area contributed by atoms with E-state index in [9.17, 15) is 32.3 Å². The van der Waals surface area contributed by atoms with Gasteiger partial charge in [0.1, 0.15) is 11.8 Å². The summed E-state index contributed by atoms with van der Waals surface area (Å²) in [6.07, 6.45) is -4.69. The maximum absolute atomic E-state index is 14.1. The number of thioether (sulfide) groups is 1. The van der Waals surface area contributed by atoms with E-state index in [2.05, 4.69) is 5.32 Å². The summed E-state index contributed by atoms with van der Waals surface area (Å²) in [5.41, 5.74) is 0.723. The number of benzene rings is 3. The fraction of sp³-hybridized carbons (Fsp3) is 0.250. The molecule has 3 heterocycles. The summed E-state index contributed by atoms with van der Waals surface area (Å²) < 4.78 is 52.8. The van der Waals surface area contributed by atoms with Crippen LogP contribution in [-0.2, 0) is 27.1 Å². The second kappa shape index (κ2) is 12.0. The lowest BCUT2D eigenvalue weighted by Gasteiger charge is -2.31. The molecule has 3 aromatic carbocycles. The first kappa shape index (κ1) is 31.4. The second-order valence-corrected chi connectivity index (χ2v) is 12.8. The van der Waals surface area contributed by atoms with Crippen molar-refractivity contribution in [2.45, 2.75) is 35.8 Å². The van der Waals surface area contributed by atoms with Gasteiger partial charge in [-0.3, -0.25) is 23.7 Å². The van der Waals surface area contributed by atoms with E-state index in [0.29, 0.717) is 32.7 Å². The van der Waals surface area contributed by atoms with Crippen LogP contribution in [0, 0.1) is 12.8 Å². The zero-order chi connectivity index (χ0) is 32.9. The minimum atomic E-state index is -4.69. The number of halogens is 3. The fourth-order valence-electron chi connectivity index (χ4n) is 5.78. The highest BCUT2D eigenvalue weighted by molar-refractivity contribution is 8.00. The molecule has 1 fully saturated rings. The van der Waals surface area contributed by atoms with Crippen molar-refractivity contribution in [2.75, 3.05) is 24.4 Å². The number of imide groups is 1. The summed E-state index contributed by atoms with van der Waals surface area (Å²) in [5, 5.41) is 2.05. The minimum absolute atomic E-state index is 0.204. The SMILES string of the molecule is COc1ccc([C@@H]2c3sc(=O)n(CC(=O)Nc4ccccc4C)c3S[C@H]3C(=O)N(c4cccc(C(F)(F)F)c4)C(=O)[C@@H]23)cc1OC. The Hall–Kier alpha value is -4.56. The Morgan fingerprint density at radius 1 is 0.935 bits per heavy atom. The molecule has 9 nitrogen and oxygen atoms in total. The van der Waals surface area contributed by atoms with Gasteiger partial charge in [0.25, 0.3) is 0 Å². The molecule has 0 bridgehead atoms. The summed E-state index contributed by atoms with van der Waals surface area (Å²) >= 11 is 1.82. The number of carbonyl (C=O) groups is 3. The monoisotopic (exact) mass is 669 g/mol. The van der Waals surface area contributed by atoms with Gasteiger partial charge in [0.2, 0.25) is 17.7 Å². The van der Waals surface area contributed by atoms with Gasteiger partial charge in [-0.1, -0.05) is 53.4 Å². The Kier molecular flexibility index (Phi) is 8.19. The maximum atomic E-state index is 14.1. The number of methoxy groups -OCH3 is 2. The predicted octanol–water partition coefficient (Wildman–Crippen LogP) is 5.69. The van der Waals surface area contributed by atoms with Gasteiger partial charge in [-0.05, 0) is 54.4 Å². The van der Waals surface area contributed by atoms with Gasteiger partial charge in [-0.2, -0.15) is 13.2 Å². The zero-order valence-corrected chi connectivity index (χ0v) is 26.2. The largest absolute Gasteiger partial charge is 0.493 e. The van der Waals surface area contributed by atoms with Gasteiger partial charge in [-0.25, -0.2) is 4.90 Å². The van der Waals surface area contributed by atoms with Gasteiger partial charge in [-0.15, -0.1) is 0 Å². The highest BCUT2D eigenvalue weighted by Crippen LogP contribution is 2.54. The standard InChI is InChI=1S/C32H26F3N3O6S2/c1-16-7-4-5-10-20(16)36-23(39)15-37-30-27(46-31(37)42)24(17-11-12-21(43-2)22(13-17)44-3)25-26(45-30)29(41)38(28(25)40)19-9-6-8-18(14-19)32(33,34)35/h4-14,24-26H,15H2,1-3H3,(H,36,39)/t24-,25-,26+/m0/s1. The molecule has 1 saturated heterocycles. The number of amides is 3. The summed E-state index contributed by atoms with van der Waals surface area (Å²) in [6.45, 7) is 1.47. The Labute approximate surface area is 268 Å². The van der Waals surface area contributed by atoms with E-state index in [1.807, 2.05) is 19.1 Å². The molecule has 2 aliphatic rings. The molecule has 0 aliphatic carbocycles. The number of hydrogen-bond acceptors (Lipinski definition) is 8. The number of anilines is 2. The van der Waals surface area contributed by atoms with Gasteiger partial charge < -0.3 is 14.8 Å². The average Bonchev–Trinajstić information content (AvgIpc) is 3.47. The first-order chi connectivity index (χ1) is 21.9. The van der Waals surface area contributed by atoms with Crippen LogP contribution in [0.2, 0.25) is 0 Å². The number of nitrogens with zero attached hydrogens (tertiary/aromatic N) is 2. The van der Waals surface area contributed by atoms with Crippen molar-refractivity contribution in [3.63, 3.8) is 0 Å². The summed E-state index contributed by atoms with van der Waals surface area (Å²) in [4.78, 5) is 55.4. The smallest absolute Gasteiger partial charge is 0.416 e. The zero-order valence-electron chi connectivity index (χ0n) is 24.6. The predicted molar refractivity (Wildman–Crippen MR) is 167 cm³/mol. The second-order valence-electron chi connectivity index (χ2n) is 10.7. The molecule has 4 aromatic rings. The van der Waals surface area contributed by atoms with Crippen LogP contribution in [-0.4, -0.2) is 41.8 Å². The molecule has 1 aromatic heterocycles. The number of carbonyl (C=O) groups excluding carboxylic acids is 3. The van der Waals surface area contributed by atoms with E-state index in [0.717, 1.165) is 51.8 Å². The molecule has 3 atom stereocenters. The summed E-state index contributed by atoms with van der Waals surface area (Å²) in [5.74, 6) is -3.06. The maximum Gasteiger partial charge on any atom is 0.416 e. The van der Waals surface area contributed by atoms with Gasteiger partial charge in [0, 0.05) is 16.5 Å². The van der Waals surface area contributed by atoms with Crippen molar-refractivity contribution in [3.8, 4) is 11.5 Å². The van der Waals surface area contributed by atoms with E-state index in [1.54, 1.807) is 30.3 Å². The summed E-state index contributed by atoms with van der Waals surface area (Å²) in [6, 6.07) is 16.2. The van der Waals surface area contributed by atoms with Crippen LogP contribution in [0.5, 0.6) is 11.5 Å². The average molecular weight is 670 g/mol. The Morgan fingerprint density at radius 3 is 2.37 bits per heavy atom. The molecule has 0 saturated carbocycles. The van der Waals surface area contributed by atoms with Crippen LogP contribution >= 0.6 is 23.1 Å². The van der Waals surface area contributed by atoms with E-state index in [-0.39, 0.29) is 12.2 Å². The Morgan fingerprint density at radius 2 is 1.67 bits per heavy atom. The van der Waals surface area contributed by atoms with Crippen molar-refractivity contribution < 1.29 is 37.0 Å². The number of alkyl halides is 3. The van der Waals surface area contributed by atoms with Gasteiger partial charge >= 0.3 is 11.0 Å². The molecule has 0 unspecified atom stereocenters. The van der Waals surface area contributed by atoms with Crippen molar-refractivity contribution in [1.29, 1.82) is 0 Å².